The highest BCUT2D eigenvalue weighted by atomic mass is 16.1. The van der Waals surface area contributed by atoms with Crippen LogP contribution in [0, 0.1) is 0 Å². The van der Waals surface area contributed by atoms with Gasteiger partial charge in [-0.3, -0.25) is 14.6 Å². The number of aromatic amines is 1. The van der Waals surface area contributed by atoms with E-state index in [1.165, 1.54) is 36.9 Å². The molecule has 5 nitrogen and oxygen atoms in total. The molecule has 0 aliphatic carbocycles. The average Bonchev–Trinajstić information content (AvgIpc) is 3.21. The predicted molar refractivity (Wildman–Crippen MR) is 117 cm³/mol. The lowest BCUT2D eigenvalue weighted by Crippen LogP contribution is -2.41. The Kier molecular flexibility index (Phi) is 4.90. The Morgan fingerprint density at radius 3 is 2.93 bits per heavy atom. The van der Waals surface area contributed by atoms with E-state index in [1.54, 1.807) is 4.90 Å². The summed E-state index contributed by atoms with van der Waals surface area (Å²) >= 11 is 0. The lowest BCUT2D eigenvalue weighted by atomic mass is 9.89. The Hall–Kier alpha value is -2.92. The van der Waals surface area contributed by atoms with Crippen LogP contribution in [0.2, 0.25) is 0 Å². The molecule has 2 aliphatic rings. The number of fused-ring (bicyclic) bond motifs is 2. The lowest BCUT2D eigenvalue weighted by molar-refractivity contribution is -0.107. The van der Waals surface area contributed by atoms with Gasteiger partial charge in [0.25, 0.3) is 0 Å². The highest BCUT2D eigenvalue weighted by Gasteiger charge is 2.27. The van der Waals surface area contributed by atoms with Gasteiger partial charge in [-0.05, 0) is 49.1 Å². The molecule has 0 radical (unpaired) electrons. The second-order valence-corrected chi connectivity index (χ2v) is 8.06. The Balaban J connectivity index is 1.46. The summed E-state index contributed by atoms with van der Waals surface area (Å²) in [4.78, 5) is 24.3. The van der Waals surface area contributed by atoms with E-state index >= 15 is 0 Å². The lowest BCUT2D eigenvalue weighted by Gasteiger charge is -2.38. The second-order valence-electron chi connectivity index (χ2n) is 8.06. The van der Waals surface area contributed by atoms with Crippen molar-refractivity contribution in [1.82, 2.24) is 14.9 Å². The fraction of sp³-hybridized carbons (Fsp3) is 0.333. The third kappa shape index (κ3) is 3.58. The first kappa shape index (κ1) is 18.1. The van der Waals surface area contributed by atoms with Gasteiger partial charge >= 0.3 is 0 Å². The summed E-state index contributed by atoms with van der Waals surface area (Å²) in [5.41, 5.74) is 5.62. The van der Waals surface area contributed by atoms with Crippen LogP contribution in [0.25, 0.3) is 16.6 Å². The van der Waals surface area contributed by atoms with Crippen LogP contribution in [0.3, 0.4) is 0 Å². The minimum Gasteiger partial charge on any atom is -0.359 e. The molecule has 1 atom stereocenters. The molecule has 0 spiro atoms. The van der Waals surface area contributed by atoms with Gasteiger partial charge in [0.2, 0.25) is 6.41 Å². The van der Waals surface area contributed by atoms with Gasteiger partial charge in [0, 0.05) is 24.3 Å². The molecule has 1 aromatic carbocycles. The van der Waals surface area contributed by atoms with Crippen LogP contribution >= 0.6 is 0 Å². The number of nitrogens with zero attached hydrogens (tertiary/aromatic N) is 3. The van der Waals surface area contributed by atoms with Crippen molar-refractivity contribution in [2.75, 3.05) is 18.0 Å². The summed E-state index contributed by atoms with van der Waals surface area (Å²) in [7, 11) is 0. The van der Waals surface area contributed by atoms with Crippen LogP contribution in [0.4, 0.5) is 5.82 Å². The summed E-state index contributed by atoms with van der Waals surface area (Å²) in [5, 5.41) is 0. The molecule has 1 N–H and O–H groups in total. The summed E-state index contributed by atoms with van der Waals surface area (Å²) in [5.74, 6) is 0.688. The van der Waals surface area contributed by atoms with Crippen molar-refractivity contribution < 1.29 is 4.79 Å². The van der Waals surface area contributed by atoms with Crippen LogP contribution in [0.5, 0.6) is 0 Å². The van der Waals surface area contributed by atoms with E-state index in [0.717, 1.165) is 36.0 Å². The second kappa shape index (κ2) is 7.84. The van der Waals surface area contributed by atoms with Gasteiger partial charge < -0.3 is 4.98 Å². The van der Waals surface area contributed by atoms with E-state index in [2.05, 4.69) is 22.2 Å². The number of anilines is 1. The largest absolute Gasteiger partial charge is 0.359 e. The molecule has 4 heterocycles. The fourth-order valence-corrected chi connectivity index (χ4v) is 4.66. The summed E-state index contributed by atoms with van der Waals surface area (Å²) < 4.78 is 0. The number of benzene rings is 1. The van der Waals surface area contributed by atoms with Crippen LogP contribution in [-0.2, 0) is 11.3 Å². The SMILES string of the molecule is O=CN(Cc1ccccc1)c1ccc2[nH]cc(C3=CCN4CCCCC4C3)c2n1. The molecule has 0 saturated carbocycles. The number of carbonyl (C=O) groups excluding carboxylic acids is 1. The van der Waals surface area contributed by atoms with E-state index in [-0.39, 0.29) is 0 Å². The van der Waals surface area contributed by atoms with Crippen LogP contribution < -0.4 is 4.90 Å². The quantitative estimate of drug-likeness (QED) is 0.663. The number of pyridine rings is 1. The summed E-state index contributed by atoms with van der Waals surface area (Å²) in [6.07, 6.45) is 10.3. The molecular formula is C24H26N4O. The van der Waals surface area contributed by atoms with Crippen molar-refractivity contribution in [2.24, 2.45) is 0 Å². The molecular weight excluding hydrogens is 360 g/mol. The van der Waals surface area contributed by atoms with E-state index in [0.29, 0.717) is 18.4 Å². The molecule has 2 aliphatic heterocycles. The van der Waals surface area contributed by atoms with E-state index in [1.807, 2.05) is 42.5 Å². The molecule has 1 saturated heterocycles. The number of nitrogens with one attached hydrogen (secondary N) is 1. The Bertz CT molecular complexity index is 1040. The molecule has 0 bridgehead atoms. The summed E-state index contributed by atoms with van der Waals surface area (Å²) in [6.45, 7) is 2.77. The first-order valence-corrected chi connectivity index (χ1v) is 10.5. The molecule has 5 heteroatoms. The fourth-order valence-electron chi connectivity index (χ4n) is 4.66. The molecule has 1 amide bonds. The van der Waals surface area contributed by atoms with Crippen molar-refractivity contribution in [1.29, 1.82) is 0 Å². The number of H-pyrrole nitrogens is 1. The van der Waals surface area contributed by atoms with Crippen LogP contribution in [0.1, 0.15) is 36.8 Å². The number of aromatic nitrogens is 2. The van der Waals surface area contributed by atoms with Gasteiger partial charge in [0.05, 0.1) is 17.6 Å². The van der Waals surface area contributed by atoms with Gasteiger partial charge in [-0.25, -0.2) is 4.98 Å². The van der Waals surface area contributed by atoms with E-state index < -0.39 is 0 Å². The number of rotatable bonds is 5. The molecule has 2 aromatic heterocycles. The van der Waals surface area contributed by atoms with Crippen molar-refractivity contribution in [3.05, 3.63) is 65.9 Å². The zero-order chi connectivity index (χ0) is 19.6. The smallest absolute Gasteiger partial charge is 0.215 e. The van der Waals surface area contributed by atoms with Gasteiger partial charge in [-0.15, -0.1) is 0 Å². The predicted octanol–water partition coefficient (Wildman–Crippen LogP) is 4.37. The topological polar surface area (TPSA) is 52.2 Å². The highest BCUT2D eigenvalue weighted by molar-refractivity contribution is 5.91. The average molecular weight is 386 g/mol. The Morgan fingerprint density at radius 1 is 1.17 bits per heavy atom. The van der Waals surface area contributed by atoms with Crippen LogP contribution in [-0.4, -0.2) is 40.4 Å². The maximum absolute atomic E-state index is 11.8. The molecule has 1 fully saturated rings. The molecule has 1 unspecified atom stereocenters. The van der Waals surface area contributed by atoms with E-state index in [4.69, 9.17) is 4.98 Å². The summed E-state index contributed by atoms with van der Waals surface area (Å²) in [6, 6.07) is 14.6. The van der Waals surface area contributed by atoms with E-state index in [9.17, 15) is 4.79 Å². The highest BCUT2D eigenvalue weighted by Crippen LogP contribution is 2.34. The zero-order valence-electron chi connectivity index (χ0n) is 16.6. The standard InChI is InChI=1S/C24H26N4O/c29-17-28(16-18-6-2-1-3-7-18)23-10-9-22-24(26-23)21(15-25-22)19-11-13-27-12-5-4-8-20(27)14-19/h1-3,6-7,9-11,15,17,20,25H,4-5,8,12-14,16H2. The van der Waals surface area contributed by atoms with Gasteiger partial charge in [-0.1, -0.05) is 42.8 Å². The van der Waals surface area contributed by atoms with Gasteiger partial charge in [0.15, 0.2) is 0 Å². The third-order valence-electron chi connectivity index (χ3n) is 6.25. The Labute approximate surface area is 171 Å². The van der Waals surface area contributed by atoms with Crippen molar-refractivity contribution >= 4 is 28.8 Å². The number of amides is 1. The Morgan fingerprint density at radius 2 is 2.07 bits per heavy atom. The maximum Gasteiger partial charge on any atom is 0.215 e. The third-order valence-corrected chi connectivity index (χ3v) is 6.25. The molecule has 3 aromatic rings. The number of hydrogen-bond donors (Lipinski definition) is 1. The van der Waals surface area contributed by atoms with Gasteiger partial charge in [0.1, 0.15) is 5.82 Å². The molecule has 5 rings (SSSR count). The molecule has 148 valence electrons. The number of piperidine rings is 1. The van der Waals surface area contributed by atoms with Crippen LogP contribution in [0.15, 0.2) is 54.7 Å². The minimum atomic E-state index is 0.516. The monoisotopic (exact) mass is 386 g/mol. The first-order chi connectivity index (χ1) is 14.3. The minimum absolute atomic E-state index is 0.516. The maximum atomic E-state index is 11.8. The number of hydrogen-bond acceptors (Lipinski definition) is 3. The van der Waals surface area contributed by atoms with Gasteiger partial charge in [-0.2, -0.15) is 0 Å². The van der Waals surface area contributed by atoms with Crippen molar-refractivity contribution in [2.45, 2.75) is 38.3 Å². The molecule has 29 heavy (non-hydrogen) atoms. The number of carbonyl (C=O) groups is 1. The van der Waals surface area contributed by atoms with Crippen molar-refractivity contribution in [3.8, 4) is 0 Å². The first-order valence-electron chi connectivity index (χ1n) is 10.5. The zero-order valence-corrected chi connectivity index (χ0v) is 16.6. The normalized spacial score (nSPS) is 19.6. The van der Waals surface area contributed by atoms with Crippen molar-refractivity contribution in [3.63, 3.8) is 0 Å².